The fourth-order valence-electron chi connectivity index (χ4n) is 2.56. The zero-order valence-corrected chi connectivity index (χ0v) is 17.5. The molecule has 0 spiro atoms. The van der Waals surface area contributed by atoms with E-state index in [1.165, 1.54) is 6.08 Å². The van der Waals surface area contributed by atoms with Gasteiger partial charge in [0.05, 0.1) is 5.70 Å². The zero-order valence-electron chi connectivity index (χ0n) is 16.6. The largest absolute Gasteiger partial charge is 0.399 e. The number of hydrogen-bond donors (Lipinski definition) is 5. The number of nitrogens with zero attached hydrogens (tertiary/aromatic N) is 2. The van der Waals surface area contributed by atoms with Crippen molar-refractivity contribution in [2.45, 2.75) is 17.6 Å². The summed E-state index contributed by atoms with van der Waals surface area (Å²) in [7, 11) is 3.86. The number of aliphatic imine (C=N–C) groups is 1. The van der Waals surface area contributed by atoms with Crippen molar-refractivity contribution in [3.63, 3.8) is 0 Å². The molecule has 1 atom stereocenters. The molecule has 0 aliphatic heterocycles. The topological polar surface area (TPSA) is 146 Å². The number of amides is 2. The Bertz CT molecular complexity index is 844. The summed E-state index contributed by atoms with van der Waals surface area (Å²) in [6, 6.07) is 6.52. The summed E-state index contributed by atoms with van der Waals surface area (Å²) in [4.78, 5) is 18.2. The lowest BCUT2D eigenvalue weighted by Gasteiger charge is -2.13. The van der Waals surface area contributed by atoms with E-state index >= 15 is 0 Å². The van der Waals surface area contributed by atoms with Crippen molar-refractivity contribution in [1.29, 1.82) is 0 Å². The Balaban J connectivity index is 2.09. The molecule has 0 aromatic heterocycles. The number of carbonyl (C=O) groups excluding carboxylic acids is 1. The molecule has 2 rings (SSSR count). The van der Waals surface area contributed by atoms with E-state index in [0.717, 1.165) is 6.54 Å². The molecule has 7 N–H and O–H groups in total. The molecule has 1 fully saturated rings. The van der Waals surface area contributed by atoms with Gasteiger partial charge < -0.3 is 31.6 Å². The molecule has 2 amide bonds. The number of allylic oxidation sites excluding steroid dienone is 1. The number of nitrogens with one attached hydrogen (secondary N) is 2. The first kappa shape index (κ1) is 22.6. The first-order valence-corrected chi connectivity index (χ1v) is 10.2. The molecule has 1 aromatic rings. The third kappa shape index (κ3) is 6.41. The second kappa shape index (κ2) is 9.68. The Hall–Kier alpha value is -2.69. The number of likely N-dealkylation sites (N-methyl/N-ethyl adjacent to an activating group) is 1. The average Bonchev–Trinajstić information content (AvgIpc) is 3.43. The number of hydrogen-bond acceptors (Lipinski definition) is 5. The first-order valence-electron chi connectivity index (χ1n) is 9.06. The average molecular weight is 421 g/mol. The van der Waals surface area contributed by atoms with E-state index < -0.39 is 15.8 Å². The molecule has 0 heterocycles. The van der Waals surface area contributed by atoms with E-state index in [4.69, 9.17) is 11.5 Å². The number of amidine groups is 1. The number of anilines is 1. The van der Waals surface area contributed by atoms with Gasteiger partial charge in [0.15, 0.2) is 11.1 Å². The van der Waals surface area contributed by atoms with Crippen LogP contribution >= 0.6 is 0 Å². The summed E-state index contributed by atoms with van der Waals surface area (Å²) in [6.45, 7) is 4.88. The summed E-state index contributed by atoms with van der Waals surface area (Å²) in [5.74, 6) is 0.177. The van der Waals surface area contributed by atoms with Crippen LogP contribution in [0.1, 0.15) is 18.4 Å². The normalized spacial score (nSPS) is 17.0. The lowest BCUT2D eigenvalue weighted by Crippen LogP contribution is -2.34. The minimum Gasteiger partial charge on any atom is -0.399 e. The van der Waals surface area contributed by atoms with Crippen LogP contribution in [0.3, 0.4) is 0 Å². The SMILES string of the molecule is C=C(N)/C=C(\N=C(N)c1ccc(NC(=O)NCCN(C)C)cc1)C1(S(=O)O)CC1. The molecule has 0 radical (unpaired) electrons. The second-order valence-electron chi connectivity index (χ2n) is 7.11. The van der Waals surface area contributed by atoms with Crippen molar-refractivity contribution in [2.75, 3.05) is 32.5 Å². The summed E-state index contributed by atoms with van der Waals surface area (Å²) in [5.41, 5.74) is 13.5. The summed E-state index contributed by atoms with van der Waals surface area (Å²) >= 11 is -2.09. The molecule has 9 nitrogen and oxygen atoms in total. The van der Waals surface area contributed by atoms with Gasteiger partial charge in [-0.15, -0.1) is 0 Å². The quantitative estimate of drug-likeness (QED) is 0.175. The van der Waals surface area contributed by atoms with Crippen molar-refractivity contribution in [3.8, 4) is 0 Å². The van der Waals surface area contributed by atoms with Crippen LogP contribution in [0, 0.1) is 0 Å². The number of carbonyl (C=O) groups is 1. The zero-order chi connectivity index (χ0) is 21.6. The highest BCUT2D eigenvalue weighted by Gasteiger charge is 2.52. The van der Waals surface area contributed by atoms with E-state index in [1.807, 2.05) is 19.0 Å². The Kier molecular flexibility index (Phi) is 7.54. The van der Waals surface area contributed by atoms with Gasteiger partial charge >= 0.3 is 6.03 Å². The van der Waals surface area contributed by atoms with Crippen LogP contribution in [0.4, 0.5) is 10.5 Å². The highest BCUT2D eigenvalue weighted by molar-refractivity contribution is 7.81. The number of rotatable bonds is 9. The summed E-state index contributed by atoms with van der Waals surface area (Å²) in [6.07, 6.45) is 2.53. The van der Waals surface area contributed by atoms with E-state index in [0.29, 0.717) is 36.3 Å². The van der Waals surface area contributed by atoms with Crippen LogP contribution in [-0.4, -0.2) is 57.5 Å². The minimum atomic E-state index is -2.09. The van der Waals surface area contributed by atoms with Crippen LogP contribution in [0.25, 0.3) is 0 Å². The number of nitrogens with two attached hydrogens (primary N) is 2. The highest BCUT2D eigenvalue weighted by Crippen LogP contribution is 2.48. The van der Waals surface area contributed by atoms with Gasteiger partial charge in [-0.1, -0.05) is 6.58 Å². The van der Waals surface area contributed by atoms with Gasteiger partial charge in [-0.25, -0.2) is 14.0 Å². The molecule has 0 saturated heterocycles. The molecule has 1 saturated carbocycles. The lowest BCUT2D eigenvalue weighted by atomic mass is 10.2. The summed E-state index contributed by atoms with van der Waals surface area (Å²) in [5, 5.41) is 5.49. The van der Waals surface area contributed by atoms with Gasteiger partial charge in [-0.05, 0) is 57.3 Å². The second-order valence-corrected chi connectivity index (χ2v) is 8.39. The maximum absolute atomic E-state index is 11.9. The Morgan fingerprint density at radius 2 is 1.97 bits per heavy atom. The predicted octanol–water partition coefficient (Wildman–Crippen LogP) is 1.19. The van der Waals surface area contributed by atoms with E-state index in [1.54, 1.807) is 24.3 Å². The Morgan fingerprint density at radius 1 is 1.34 bits per heavy atom. The third-order valence-corrected chi connectivity index (χ3v) is 5.64. The Morgan fingerprint density at radius 3 is 2.45 bits per heavy atom. The molecule has 1 aliphatic carbocycles. The van der Waals surface area contributed by atoms with Crippen molar-refractivity contribution < 1.29 is 13.6 Å². The monoisotopic (exact) mass is 420 g/mol. The molecule has 158 valence electrons. The molecule has 29 heavy (non-hydrogen) atoms. The van der Waals surface area contributed by atoms with Gasteiger partial charge in [0, 0.05) is 30.0 Å². The van der Waals surface area contributed by atoms with Crippen molar-refractivity contribution in [3.05, 3.63) is 53.9 Å². The fourth-order valence-corrected chi connectivity index (χ4v) is 3.30. The van der Waals surface area contributed by atoms with Crippen LogP contribution < -0.4 is 22.1 Å². The standard InChI is InChI=1S/C19H28N6O3S/c1-13(20)12-16(19(8-9-19)29(27)28)24-17(21)14-4-6-15(7-5-14)23-18(26)22-10-11-25(2)3/h4-7,12H,1,8-11,20H2,2-3H3,(H2,21,24)(H,27,28)(H2,22,23,26)/b16-12-. The van der Waals surface area contributed by atoms with Gasteiger partial charge in [-0.2, -0.15) is 0 Å². The van der Waals surface area contributed by atoms with Crippen molar-refractivity contribution in [2.24, 2.45) is 16.5 Å². The highest BCUT2D eigenvalue weighted by atomic mass is 32.2. The predicted molar refractivity (Wildman–Crippen MR) is 117 cm³/mol. The van der Waals surface area contributed by atoms with Gasteiger partial charge in [0.2, 0.25) is 0 Å². The molecule has 0 bridgehead atoms. The molecular weight excluding hydrogens is 392 g/mol. The maximum atomic E-state index is 11.9. The molecule has 1 aromatic carbocycles. The van der Waals surface area contributed by atoms with E-state index in [2.05, 4.69) is 22.2 Å². The molecular formula is C19H28N6O3S. The van der Waals surface area contributed by atoms with Crippen LogP contribution in [0.2, 0.25) is 0 Å². The van der Waals surface area contributed by atoms with Crippen molar-refractivity contribution >= 4 is 28.6 Å². The van der Waals surface area contributed by atoms with Gasteiger partial charge in [0.1, 0.15) is 10.6 Å². The van der Waals surface area contributed by atoms with E-state index in [-0.39, 0.29) is 17.6 Å². The molecule has 1 aliphatic rings. The van der Waals surface area contributed by atoms with Gasteiger partial charge in [0.25, 0.3) is 0 Å². The Labute approximate surface area is 173 Å². The lowest BCUT2D eigenvalue weighted by molar-refractivity contribution is 0.250. The van der Waals surface area contributed by atoms with Crippen LogP contribution in [0.15, 0.2) is 53.3 Å². The third-order valence-electron chi connectivity index (χ3n) is 4.35. The maximum Gasteiger partial charge on any atom is 0.319 e. The minimum absolute atomic E-state index is 0.177. The van der Waals surface area contributed by atoms with E-state index in [9.17, 15) is 13.6 Å². The summed E-state index contributed by atoms with van der Waals surface area (Å²) < 4.78 is 20.4. The van der Waals surface area contributed by atoms with Crippen LogP contribution in [0.5, 0.6) is 0 Å². The number of benzene rings is 1. The first-order chi connectivity index (χ1) is 13.6. The smallest absolute Gasteiger partial charge is 0.319 e. The van der Waals surface area contributed by atoms with Crippen LogP contribution in [-0.2, 0) is 11.1 Å². The fraction of sp³-hybridized carbons (Fsp3) is 0.368. The molecule has 1 unspecified atom stereocenters. The van der Waals surface area contributed by atoms with Crippen molar-refractivity contribution in [1.82, 2.24) is 10.2 Å². The molecule has 10 heteroatoms. The van der Waals surface area contributed by atoms with Gasteiger partial charge in [-0.3, -0.25) is 0 Å². The number of urea groups is 1.